The number of aryl methyl sites for hydroxylation is 1. The first-order chi connectivity index (χ1) is 11.9. The maximum Gasteiger partial charge on any atom is 0.243 e. The SMILES string of the molecule is CC(=O)N1C[C@H](O)C[C@@H]1C(=O)N[C@H]1CCCc2ccc(C(C)C)cc21. The molecule has 0 saturated carbocycles. The molecule has 0 spiro atoms. The van der Waals surface area contributed by atoms with Gasteiger partial charge in [0.05, 0.1) is 12.1 Å². The van der Waals surface area contributed by atoms with E-state index in [0.717, 1.165) is 19.3 Å². The fraction of sp³-hybridized carbons (Fsp3) is 0.600. The maximum absolute atomic E-state index is 12.8. The first kappa shape index (κ1) is 17.9. The molecule has 2 N–H and O–H groups in total. The Morgan fingerprint density at radius 3 is 2.76 bits per heavy atom. The van der Waals surface area contributed by atoms with Gasteiger partial charge in [0.1, 0.15) is 6.04 Å². The number of amides is 2. The zero-order valence-corrected chi connectivity index (χ0v) is 15.3. The van der Waals surface area contributed by atoms with Gasteiger partial charge in [-0.2, -0.15) is 0 Å². The molecular weight excluding hydrogens is 316 g/mol. The number of likely N-dealkylation sites (tertiary alicyclic amines) is 1. The summed E-state index contributed by atoms with van der Waals surface area (Å²) in [5, 5.41) is 13.0. The van der Waals surface area contributed by atoms with Crippen LogP contribution >= 0.6 is 0 Å². The lowest BCUT2D eigenvalue weighted by molar-refractivity contribution is -0.137. The quantitative estimate of drug-likeness (QED) is 0.884. The molecular formula is C20H28N2O3. The van der Waals surface area contributed by atoms with Crippen LogP contribution in [0.5, 0.6) is 0 Å². The van der Waals surface area contributed by atoms with Gasteiger partial charge >= 0.3 is 0 Å². The Balaban J connectivity index is 1.79. The van der Waals surface area contributed by atoms with E-state index in [0.29, 0.717) is 12.3 Å². The summed E-state index contributed by atoms with van der Waals surface area (Å²) < 4.78 is 0. The summed E-state index contributed by atoms with van der Waals surface area (Å²) in [6.45, 7) is 6.03. The van der Waals surface area contributed by atoms with Crippen molar-refractivity contribution in [2.45, 2.75) is 70.6 Å². The predicted octanol–water partition coefficient (Wildman–Crippen LogP) is 2.29. The number of nitrogens with one attached hydrogen (secondary N) is 1. The van der Waals surface area contributed by atoms with Crippen molar-refractivity contribution in [2.75, 3.05) is 6.54 Å². The fourth-order valence-electron chi connectivity index (χ4n) is 4.00. The van der Waals surface area contributed by atoms with Crippen molar-refractivity contribution in [1.29, 1.82) is 0 Å². The molecule has 1 aromatic carbocycles. The highest BCUT2D eigenvalue weighted by Gasteiger charge is 2.38. The van der Waals surface area contributed by atoms with Gasteiger partial charge < -0.3 is 15.3 Å². The summed E-state index contributed by atoms with van der Waals surface area (Å²) in [6.07, 6.45) is 2.70. The minimum absolute atomic E-state index is 0.0125. The van der Waals surface area contributed by atoms with E-state index in [-0.39, 0.29) is 24.4 Å². The van der Waals surface area contributed by atoms with E-state index in [4.69, 9.17) is 0 Å². The van der Waals surface area contributed by atoms with Crippen LogP contribution in [0.4, 0.5) is 0 Å². The molecule has 25 heavy (non-hydrogen) atoms. The summed E-state index contributed by atoms with van der Waals surface area (Å²) >= 11 is 0. The van der Waals surface area contributed by atoms with Crippen LogP contribution in [0.3, 0.4) is 0 Å². The van der Waals surface area contributed by atoms with E-state index in [1.165, 1.54) is 28.5 Å². The Bertz CT molecular complexity index is 671. The van der Waals surface area contributed by atoms with E-state index in [9.17, 15) is 14.7 Å². The number of fused-ring (bicyclic) bond motifs is 1. The summed E-state index contributed by atoms with van der Waals surface area (Å²) in [5.41, 5.74) is 3.79. The van der Waals surface area contributed by atoms with Crippen LogP contribution in [-0.2, 0) is 16.0 Å². The van der Waals surface area contributed by atoms with Gasteiger partial charge in [-0.15, -0.1) is 0 Å². The average molecular weight is 344 g/mol. The summed E-state index contributed by atoms with van der Waals surface area (Å²) in [6, 6.07) is 6.01. The van der Waals surface area contributed by atoms with Crippen molar-refractivity contribution in [3.8, 4) is 0 Å². The molecule has 1 heterocycles. The first-order valence-corrected chi connectivity index (χ1v) is 9.25. The van der Waals surface area contributed by atoms with Crippen LogP contribution < -0.4 is 5.32 Å². The van der Waals surface area contributed by atoms with Gasteiger partial charge in [-0.25, -0.2) is 0 Å². The fourth-order valence-corrected chi connectivity index (χ4v) is 4.00. The van der Waals surface area contributed by atoms with Crippen LogP contribution in [0.2, 0.25) is 0 Å². The Kier molecular flexibility index (Phi) is 5.13. The van der Waals surface area contributed by atoms with E-state index >= 15 is 0 Å². The Morgan fingerprint density at radius 1 is 1.32 bits per heavy atom. The van der Waals surface area contributed by atoms with Crippen molar-refractivity contribution in [3.63, 3.8) is 0 Å². The highest BCUT2D eigenvalue weighted by Crippen LogP contribution is 2.32. The molecule has 2 amide bonds. The number of benzene rings is 1. The largest absolute Gasteiger partial charge is 0.391 e. The zero-order valence-electron chi connectivity index (χ0n) is 15.3. The number of aliphatic hydroxyl groups excluding tert-OH is 1. The first-order valence-electron chi connectivity index (χ1n) is 9.25. The van der Waals surface area contributed by atoms with E-state index in [1.807, 2.05) is 0 Å². The normalized spacial score (nSPS) is 25.8. The molecule has 3 rings (SSSR count). The van der Waals surface area contributed by atoms with Crippen LogP contribution in [-0.4, -0.2) is 40.5 Å². The van der Waals surface area contributed by atoms with E-state index in [1.54, 1.807) is 0 Å². The highest BCUT2D eigenvalue weighted by atomic mass is 16.3. The topological polar surface area (TPSA) is 69.6 Å². The van der Waals surface area contributed by atoms with Crippen LogP contribution in [0.1, 0.15) is 68.7 Å². The summed E-state index contributed by atoms with van der Waals surface area (Å²) in [5.74, 6) is 0.129. The van der Waals surface area contributed by atoms with Crippen LogP contribution in [0, 0.1) is 0 Å². The number of aliphatic hydroxyl groups is 1. The van der Waals surface area contributed by atoms with Crippen molar-refractivity contribution in [3.05, 3.63) is 34.9 Å². The number of hydrogen-bond donors (Lipinski definition) is 2. The number of rotatable bonds is 3. The van der Waals surface area contributed by atoms with Gasteiger partial charge in [0.25, 0.3) is 0 Å². The zero-order chi connectivity index (χ0) is 18.1. The Labute approximate surface area is 149 Å². The third kappa shape index (κ3) is 3.71. The van der Waals surface area contributed by atoms with Crippen LogP contribution in [0.25, 0.3) is 0 Å². The summed E-state index contributed by atoms with van der Waals surface area (Å²) in [4.78, 5) is 26.0. The maximum atomic E-state index is 12.8. The monoisotopic (exact) mass is 344 g/mol. The Hall–Kier alpha value is -1.88. The minimum atomic E-state index is -0.620. The van der Waals surface area contributed by atoms with E-state index in [2.05, 4.69) is 37.4 Å². The second-order valence-electron chi connectivity index (χ2n) is 7.64. The van der Waals surface area contributed by atoms with Crippen molar-refractivity contribution < 1.29 is 14.7 Å². The Morgan fingerprint density at radius 2 is 2.08 bits per heavy atom. The lowest BCUT2D eigenvalue weighted by Gasteiger charge is -2.30. The number of nitrogens with zero attached hydrogens (tertiary/aromatic N) is 1. The van der Waals surface area contributed by atoms with E-state index < -0.39 is 12.1 Å². The molecule has 5 nitrogen and oxygen atoms in total. The third-order valence-electron chi connectivity index (χ3n) is 5.45. The molecule has 0 aromatic heterocycles. The minimum Gasteiger partial charge on any atom is -0.391 e. The molecule has 0 unspecified atom stereocenters. The molecule has 1 saturated heterocycles. The molecule has 5 heteroatoms. The molecule has 0 bridgehead atoms. The van der Waals surface area contributed by atoms with Gasteiger partial charge in [0.2, 0.25) is 11.8 Å². The average Bonchev–Trinajstić information content (AvgIpc) is 2.97. The second kappa shape index (κ2) is 7.16. The smallest absolute Gasteiger partial charge is 0.243 e. The number of hydrogen-bond acceptors (Lipinski definition) is 3. The van der Waals surface area contributed by atoms with Gasteiger partial charge in [-0.05, 0) is 41.9 Å². The number of carbonyl (C=O) groups excluding carboxylic acids is 2. The lowest BCUT2D eigenvalue weighted by atomic mass is 9.85. The molecule has 0 radical (unpaired) electrons. The molecule has 1 aromatic rings. The van der Waals surface area contributed by atoms with Crippen molar-refractivity contribution >= 4 is 11.8 Å². The van der Waals surface area contributed by atoms with Gasteiger partial charge in [0, 0.05) is 19.9 Å². The molecule has 2 aliphatic rings. The number of carbonyl (C=O) groups is 2. The van der Waals surface area contributed by atoms with Gasteiger partial charge in [-0.3, -0.25) is 9.59 Å². The van der Waals surface area contributed by atoms with Crippen molar-refractivity contribution in [1.82, 2.24) is 10.2 Å². The molecule has 136 valence electrons. The third-order valence-corrected chi connectivity index (χ3v) is 5.45. The summed E-state index contributed by atoms with van der Waals surface area (Å²) in [7, 11) is 0. The standard InChI is InChI=1S/C20H28N2O3/c1-12(2)15-8-7-14-5-4-6-18(17(14)9-15)21-20(25)19-10-16(24)11-22(19)13(3)23/h7-9,12,16,18-19,24H,4-6,10-11H2,1-3H3,(H,21,25)/t16-,18+,19-/m1/s1. The van der Waals surface area contributed by atoms with Gasteiger partial charge in [0.15, 0.2) is 0 Å². The van der Waals surface area contributed by atoms with Crippen LogP contribution in [0.15, 0.2) is 18.2 Å². The lowest BCUT2D eigenvalue weighted by Crippen LogP contribution is -2.46. The molecule has 3 atom stereocenters. The molecule has 1 aliphatic carbocycles. The predicted molar refractivity (Wildman–Crippen MR) is 96.2 cm³/mol. The van der Waals surface area contributed by atoms with Crippen molar-refractivity contribution in [2.24, 2.45) is 0 Å². The molecule has 1 fully saturated rings. The number of β-amino-alcohol motifs (C(OH)–C–C–N with tert-alkyl or cyclic N) is 1. The van der Waals surface area contributed by atoms with Gasteiger partial charge in [-0.1, -0.05) is 32.0 Å². The highest BCUT2D eigenvalue weighted by molar-refractivity contribution is 5.88. The second-order valence-corrected chi connectivity index (χ2v) is 7.64. The molecule has 1 aliphatic heterocycles.